The van der Waals surface area contributed by atoms with Crippen molar-refractivity contribution in [2.24, 2.45) is 13.0 Å². The Bertz CT molecular complexity index is 1380. The molecule has 1 saturated heterocycles. The summed E-state index contributed by atoms with van der Waals surface area (Å²) in [5, 5.41) is 4.75. The van der Waals surface area contributed by atoms with Crippen molar-refractivity contribution in [1.82, 2.24) is 20.6 Å². The van der Waals surface area contributed by atoms with Gasteiger partial charge in [0.1, 0.15) is 13.2 Å². The van der Waals surface area contributed by atoms with Crippen molar-refractivity contribution in [2.75, 3.05) is 24.7 Å². The monoisotopic (exact) mass is 463 g/mol. The van der Waals surface area contributed by atoms with E-state index in [4.69, 9.17) is 9.47 Å². The summed E-state index contributed by atoms with van der Waals surface area (Å²) in [6, 6.07) is 11.8. The van der Waals surface area contributed by atoms with Crippen LogP contribution in [0.3, 0.4) is 0 Å². The molecule has 3 heterocycles. The highest BCUT2D eigenvalue weighted by Gasteiger charge is 2.36. The highest BCUT2D eigenvalue weighted by atomic mass is 16.6. The maximum absolute atomic E-state index is 12.7. The standard InChI is InChI=1S/C23H21N5O6/c1-27-23(32)16-5-3-2-4-15(16)20(26-27)22(31)25-24-21(30)13-10-19(29)28(12-13)14-6-7-17-18(11-14)34-9-8-33-17/h2-7,11,13H,8-10,12H2,1H3,(H,24,30)(H,25,31). The van der Waals surface area contributed by atoms with Gasteiger partial charge in [-0.2, -0.15) is 5.10 Å². The van der Waals surface area contributed by atoms with Gasteiger partial charge >= 0.3 is 0 Å². The molecule has 1 fully saturated rings. The molecule has 0 bridgehead atoms. The number of aryl methyl sites for hydroxylation is 1. The fourth-order valence-corrected chi connectivity index (χ4v) is 4.08. The third kappa shape index (κ3) is 3.81. The summed E-state index contributed by atoms with van der Waals surface area (Å²) < 4.78 is 12.1. The number of carbonyl (C=O) groups is 3. The van der Waals surface area contributed by atoms with Crippen LogP contribution in [0.5, 0.6) is 11.5 Å². The molecule has 0 radical (unpaired) electrons. The molecular weight excluding hydrogens is 442 g/mol. The number of benzene rings is 2. The van der Waals surface area contributed by atoms with Gasteiger partial charge < -0.3 is 14.4 Å². The molecule has 11 heteroatoms. The topological polar surface area (TPSA) is 132 Å². The van der Waals surface area contributed by atoms with Gasteiger partial charge in [0.2, 0.25) is 11.8 Å². The quantitative estimate of drug-likeness (QED) is 0.541. The van der Waals surface area contributed by atoms with Crippen LogP contribution in [-0.4, -0.2) is 47.3 Å². The lowest BCUT2D eigenvalue weighted by atomic mass is 10.1. The van der Waals surface area contributed by atoms with E-state index in [-0.39, 0.29) is 30.1 Å². The fourth-order valence-electron chi connectivity index (χ4n) is 4.08. The summed E-state index contributed by atoms with van der Waals surface area (Å²) >= 11 is 0. The number of aromatic nitrogens is 2. The molecular formula is C23H21N5O6. The number of rotatable bonds is 3. The number of hydrogen-bond acceptors (Lipinski definition) is 7. The summed E-state index contributed by atoms with van der Waals surface area (Å²) in [6.45, 7) is 1.05. The molecule has 3 aromatic rings. The molecule has 0 spiro atoms. The predicted molar refractivity (Wildman–Crippen MR) is 120 cm³/mol. The van der Waals surface area contributed by atoms with E-state index in [1.165, 1.54) is 11.9 Å². The summed E-state index contributed by atoms with van der Waals surface area (Å²) in [5.41, 5.74) is 4.99. The van der Waals surface area contributed by atoms with Gasteiger partial charge in [-0.3, -0.25) is 30.0 Å². The summed E-state index contributed by atoms with van der Waals surface area (Å²) in [6.07, 6.45) is -0.00281. The van der Waals surface area contributed by atoms with E-state index in [2.05, 4.69) is 16.0 Å². The fraction of sp³-hybridized carbons (Fsp3) is 0.261. The third-order valence-corrected chi connectivity index (χ3v) is 5.80. The zero-order chi connectivity index (χ0) is 23.8. The number of nitrogens with one attached hydrogen (secondary N) is 2. The van der Waals surface area contributed by atoms with E-state index >= 15 is 0 Å². The molecule has 11 nitrogen and oxygen atoms in total. The molecule has 1 unspecified atom stereocenters. The molecule has 2 N–H and O–H groups in total. The Hall–Kier alpha value is -4.41. The Morgan fingerprint density at radius 2 is 1.74 bits per heavy atom. The summed E-state index contributed by atoms with van der Waals surface area (Å²) in [4.78, 5) is 51.7. The van der Waals surface area contributed by atoms with Gasteiger partial charge in [0.05, 0.1) is 11.3 Å². The van der Waals surface area contributed by atoms with Crippen LogP contribution in [-0.2, 0) is 16.6 Å². The predicted octanol–water partition coefficient (Wildman–Crippen LogP) is 0.519. The molecule has 5 rings (SSSR count). The van der Waals surface area contributed by atoms with Gasteiger partial charge in [-0.05, 0) is 18.2 Å². The molecule has 0 aliphatic carbocycles. The lowest BCUT2D eigenvalue weighted by Crippen LogP contribution is -2.45. The van der Waals surface area contributed by atoms with Crippen molar-refractivity contribution in [3.8, 4) is 11.5 Å². The van der Waals surface area contributed by atoms with Crippen LogP contribution >= 0.6 is 0 Å². The SMILES string of the molecule is Cn1nc(C(=O)NNC(=O)C2CC(=O)N(c3ccc4c(c3)OCCO4)C2)c2ccccc2c1=O. The van der Waals surface area contributed by atoms with Crippen molar-refractivity contribution in [2.45, 2.75) is 6.42 Å². The van der Waals surface area contributed by atoms with Gasteiger partial charge in [-0.25, -0.2) is 4.68 Å². The minimum Gasteiger partial charge on any atom is -0.486 e. The minimum atomic E-state index is -0.673. The Kier molecular flexibility index (Phi) is 5.36. The lowest BCUT2D eigenvalue weighted by Gasteiger charge is -2.22. The number of anilines is 1. The van der Waals surface area contributed by atoms with Crippen molar-refractivity contribution < 1.29 is 23.9 Å². The van der Waals surface area contributed by atoms with Crippen LogP contribution in [0.25, 0.3) is 10.8 Å². The van der Waals surface area contributed by atoms with Crippen molar-refractivity contribution in [3.63, 3.8) is 0 Å². The number of ether oxygens (including phenoxy) is 2. The third-order valence-electron chi connectivity index (χ3n) is 5.80. The Balaban J connectivity index is 1.27. The van der Waals surface area contributed by atoms with E-state index in [1.807, 2.05) is 0 Å². The smallest absolute Gasteiger partial charge is 0.290 e. The minimum absolute atomic E-state index is 0.00148. The Labute approximate surface area is 193 Å². The summed E-state index contributed by atoms with van der Waals surface area (Å²) in [7, 11) is 1.45. The first-order chi connectivity index (χ1) is 16.4. The Morgan fingerprint density at radius 1 is 1.00 bits per heavy atom. The van der Waals surface area contributed by atoms with Crippen LogP contribution < -0.4 is 30.8 Å². The lowest BCUT2D eigenvalue weighted by molar-refractivity contribution is -0.126. The zero-order valence-electron chi connectivity index (χ0n) is 18.2. The van der Waals surface area contributed by atoms with Crippen LogP contribution in [0, 0.1) is 5.92 Å². The van der Waals surface area contributed by atoms with Gasteiger partial charge in [0.15, 0.2) is 17.2 Å². The van der Waals surface area contributed by atoms with E-state index in [1.54, 1.807) is 42.5 Å². The molecule has 2 aromatic carbocycles. The van der Waals surface area contributed by atoms with Gasteiger partial charge in [0.25, 0.3) is 11.5 Å². The number of carbonyl (C=O) groups excluding carboxylic acids is 3. The van der Waals surface area contributed by atoms with Crippen molar-refractivity contribution >= 4 is 34.2 Å². The average Bonchev–Trinajstić information content (AvgIpc) is 3.26. The van der Waals surface area contributed by atoms with Gasteiger partial charge in [-0.15, -0.1) is 0 Å². The molecule has 1 aromatic heterocycles. The number of nitrogens with zero attached hydrogens (tertiary/aromatic N) is 3. The Morgan fingerprint density at radius 3 is 2.53 bits per heavy atom. The van der Waals surface area contributed by atoms with Crippen LogP contribution in [0.2, 0.25) is 0 Å². The number of hydrogen-bond donors (Lipinski definition) is 2. The molecule has 0 saturated carbocycles. The van der Waals surface area contributed by atoms with E-state index in [9.17, 15) is 19.2 Å². The van der Waals surface area contributed by atoms with E-state index in [0.29, 0.717) is 41.2 Å². The molecule has 2 aliphatic heterocycles. The van der Waals surface area contributed by atoms with Crippen LogP contribution in [0.4, 0.5) is 5.69 Å². The van der Waals surface area contributed by atoms with Crippen molar-refractivity contribution in [3.05, 3.63) is 58.5 Å². The second kappa shape index (κ2) is 8.50. The maximum atomic E-state index is 12.7. The average molecular weight is 463 g/mol. The largest absolute Gasteiger partial charge is 0.486 e. The van der Waals surface area contributed by atoms with E-state index < -0.39 is 17.7 Å². The molecule has 174 valence electrons. The second-order valence-electron chi connectivity index (χ2n) is 8.00. The number of amides is 3. The maximum Gasteiger partial charge on any atom is 0.290 e. The number of hydrazine groups is 1. The molecule has 2 aliphatic rings. The summed E-state index contributed by atoms with van der Waals surface area (Å²) in [5.74, 6) is -0.893. The van der Waals surface area contributed by atoms with Gasteiger partial charge in [-0.1, -0.05) is 18.2 Å². The van der Waals surface area contributed by atoms with E-state index in [0.717, 1.165) is 4.68 Å². The normalized spacial score (nSPS) is 17.0. The number of fused-ring (bicyclic) bond motifs is 2. The first kappa shape index (κ1) is 21.4. The highest BCUT2D eigenvalue weighted by molar-refractivity contribution is 6.06. The molecule has 34 heavy (non-hydrogen) atoms. The van der Waals surface area contributed by atoms with Gasteiger partial charge in [0, 0.05) is 37.2 Å². The molecule has 3 amide bonds. The first-order valence-electron chi connectivity index (χ1n) is 10.7. The van der Waals surface area contributed by atoms with Crippen LogP contribution in [0.15, 0.2) is 47.3 Å². The highest BCUT2D eigenvalue weighted by Crippen LogP contribution is 2.35. The first-order valence-corrected chi connectivity index (χ1v) is 10.7. The van der Waals surface area contributed by atoms with Crippen molar-refractivity contribution in [1.29, 1.82) is 0 Å². The molecule has 1 atom stereocenters. The second-order valence-corrected chi connectivity index (χ2v) is 8.00. The zero-order valence-corrected chi connectivity index (χ0v) is 18.2. The van der Waals surface area contributed by atoms with Crippen LogP contribution in [0.1, 0.15) is 16.9 Å².